The Balaban J connectivity index is 1.99. The van der Waals surface area contributed by atoms with Gasteiger partial charge in [0.1, 0.15) is 11.6 Å². The molecule has 0 saturated carbocycles. The highest BCUT2D eigenvalue weighted by atomic mass is 19.1. The van der Waals surface area contributed by atoms with Crippen molar-refractivity contribution in [3.8, 4) is 17.3 Å². The van der Waals surface area contributed by atoms with E-state index in [1.54, 1.807) is 16.8 Å². The molecule has 33 heavy (non-hydrogen) atoms. The van der Waals surface area contributed by atoms with Crippen LogP contribution in [0.1, 0.15) is 38.4 Å². The van der Waals surface area contributed by atoms with Crippen LogP contribution in [0.2, 0.25) is 0 Å². The Morgan fingerprint density at radius 1 is 1.12 bits per heavy atom. The van der Waals surface area contributed by atoms with Gasteiger partial charge in [0.05, 0.1) is 29.7 Å². The van der Waals surface area contributed by atoms with Crippen molar-refractivity contribution in [2.45, 2.75) is 52.8 Å². The molecule has 3 rings (SSSR count). The van der Waals surface area contributed by atoms with Crippen molar-refractivity contribution in [3.05, 3.63) is 71.7 Å². The minimum Gasteiger partial charge on any atom is -0.438 e. The summed E-state index contributed by atoms with van der Waals surface area (Å²) in [6.45, 7) is 9.96. The molecule has 0 radical (unpaired) electrons. The zero-order valence-electron chi connectivity index (χ0n) is 19.9. The summed E-state index contributed by atoms with van der Waals surface area (Å²) in [6, 6.07) is 16.0. The number of rotatable bonds is 12. The van der Waals surface area contributed by atoms with E-state index in [1.165, 1.54) is 12.1 Å². The van der Waals surface area contributed by atoms with E-state index < -0.39 is 6.10 Å². The van der Waals surface area contributed by atoms with Crippen LogP contribution in [0.4, 0.5) is 4.39 Å². The van der Waals surface area contributed by atoms with Crippen molar-refractivity contribution in [1.29, 1.82) is 0 Å². The number of aliphatic hydroxyl groups excluding tert-OH is 1. The van der Waals surface area contributed by atoms with Crippen LogP contribution in [0, 0.1) is 12.7 Å². The summed E-state index contributed by atoms with van der Waals surface area (Å²) in [4.78, 5) is 2.21. The van der Waals surface area contributed by atoms with Gasteiger partial charge in [-0.1, -0.05) is 31.2 Å². The smallest absolute Gasteiger partial charge is 0.227 e. The van der Waals surface area contributed by atoms with E-state index in [2.05, 4.69) is 18.7 Å². The van der Waals surface area contributed by atoms with Crippen LogP contribution in [0.25, 0.3) is 5.69 Å². The molecule has 0 amide bonds. The first-order chi connectivity index (χ1) is 15.9. The molecule has 0 saturated heterocycles. The Morgan fingerprint density at radius 2 is 1.88 bits per heavy atom. The van der Waals surface area contributed by atoms with Crippen LogP contribution >= 0.6 is 0 Å². The van der Waals surface area contributed by atoms with Gasteiger partial charge in [-0.3, -0.25) is 4.90 Å². The van der Waals surface area contributed by atoms with Crippen molar-refractivity contribution >= 4 is 0 Å². The van der Waals surface area contributed by atoms with Crippen LogP contribution in [0.15, 0.2) is 54.6 Å². The maximum absolute atomic E-state index is 13.9. The molecule has 1 N–H and O–H groups in total. The first kappa shape index (κ1) is 24.9. The Kier molecular flexibility index (Phi) is 9.00. The second-order valence-electron chi connectivity index (χ2n) is 8.18. The van der Waals surface area contributed by atoms with Crippen molar-refractivity contribution in [1.82, 2.24) is 14.7 Å². The van der Waals surface area contributed by atoms with E-state index in [9.17, 15) is 9.50 Å². The molecular formula is C26H34FN3O3. The molecule has 7 heteroatoms. The van der Waals surface area contributed by atoms with E-state index in [0.717, 1.165) is 23.4 Å². The molecular weight excluding hydrogens is 421 g/mol. The van der Waals surface area contributed by atoms with Gasteiger partial charge in [-0.2, -0.15) is 5.10 Å². The van der Waals surface area contributed by atoms with E-state index >= 15 is 0 Å². The zero-order valence-corrected chi connectivity index (χ0v) is 19.9. The molecule has 2 atom stereocenters. The zero-order chi connectivity index (χ0) is 23.8. The van der Waals surface area contributed by atoms with Gasteiger partial charge in [-0.25, -0.2) is 9.07 Å². The van der Waals surface area contributed by atoms with Gasteiger partial charge in [0, 0.05) is 31.8 Å². The number of aromatic nitrogens is 2. The molecule has 0 spiro atoms. The van der Waals surface area contributed by atoms with Gasteiger partial charge in [0.2, 0.25) is 5.88 Å². The van der Waals surface area contributed by atoms with Crippen LogP contribution < -0.4 is 4.74 Å². The van der Waals surface area contributed by atoms with Crippen LogP contribution in [-0.4, -0.2) is 51.7 Å². The number of nitrogens with zero attached hydrogens (tertiary/aromatic N) is 3. The second-order valence-corrected chi connectivity index (χ2v) is 8.18. The Bertz CT molecular complexity index is 1010. The predicted octanol–water partition coefficient (Wildman–Crippen LogP) is 5.11. The predicted molar refractivity (Wildman–Crippen MR) is 127 cm³/mol. The molecule has 0 aliphatic carbocycles. The highest BCUT2D eigenvalue weighted by Crippen LogP contribution is 2.32. The Labute approximate surface area is 195 Å². The standard InChI is InChI=1S/C26H34FN3O3/c1-5-19(3)29(16-23(31)18-32-6-2)17-25-20(4)28-30(22-12-8-7-9-13-22)26(25)33-24-14-10-11-21(27)15-24/h7-15,19,23,31H,5-6,16-18H2,1-4H3/t19-,23+/m1/s1. The molecule has 0 aliphatic heterocycles. The highest BCUT2D eigenvalue weighted by Gasteiger charge is 2.24. The number of halogens is 1. The van der Waals surface area contributed by atoms with E-state index in [4.69, 9.17) is 14.6 Å². The molecule has 0 unspecified atom stereocenters. The number of hydrogen-bond acceptors (Lipinski definition) is 5. The quantitative estimate of drug-likeness (QED) is 0.411. The molecule has 3 aromatic rings. The summed E-state index contributed by atoms with van der Waals surface area (Å²) < 4.78 is 27.2. The lowest BCUT2D eigenvalue weighted by Gasteiger charge is -2.30. The molecule has 1 heterocycles. The fourth-order valence-electron chi connectivity index (χ4n) is 3.65. The molecule has 0 bridgehead atoms. The van der Waals surface area contributed by atoms with E-state index in [1.807, 2.05) is 44.2 Å². The lowest BCUT2D eigenvalue weighted by molar-refractivity contribution is 0.0111. The second kappa shape index (κ2) is 11.9. The van der Waals surface area contributed by atoms with Gasteiger partial charge in [-0.05, 0) is 51.5 Å². The van der Waals surface area contributed by atoms with Gasteiger partial charge >= 0.3 is 0 Å². The largest absolute Gasteiger partial charge is 0.438 e. The maximum Gasteiger partial charge on any atom is 0.227 e. The minimum absolute atomic E-state index is 0.225. The number of para-hydroxylation sites is 1. The third kappa shape index (κ3) is 6.63. The third-order valence-electron chi connectivity index (χ3n) is 5.68. The van der Waals surface area contributed by atoms with Gasteiger partial charge in [-0.15, -0.1) is 0 Å². The van der Waals surface area contributed by atoms with Crippen molar-refractivity contribution in [3.63, 3.8) is 0 Å². The third-order valence-corrected chi connectivity index (χ3v) is 5.68. The van der Waals surface area contributed by atoms with Gasteiger partial charge in [0.25, 0.3) is 0 Å². The average Bonchev–Trinajstić information content (AvgIpc) is 3.12. The SMILES string of the molecule is CCOC[C@@H](O)CN(Cc1c(C)nn(-c2ccccc2)c1Oc1cccc(F)c1)[C@H](C)CC. The number of benzene rings is 2. The summed E-state index contributed by atoms with van der Waals surface area (Å²) in [5, 5.41) is 15.3. The summed E-state index contributed by atoms with van der Waals surface area (Å²) in [5.74, 6) is 0.577. The minimum atomic E-state index is -0.601. The molecule has 0 fully saturated rings. The molecule has 0 aliphatic rings. The summed E-state index contributed by atoms with van der Waals surface area (Å²) in [5.41, 5.74) is 2.56. The fraction of sp³-hybridized carbons (Fsp3) is 0.423. The van der Waals surface area contributed by atoms with E-state index in [-0.39, 0.29) is 11.9 Å². The lowest BCUT2D eigenvalue weighted by Crippen LogP contribution is -2.40. The van der Waals surface area contributed by atoms with Gasteiger partial charge < -0.3 is 14.6 Å². The van der Waals surface area contributed by atoms with E-state index in [0.29, 0.717) is 37.9 Å². The van der Waals surface area contributed by atoms with Crippen molar-refractivity contribution in [2.75, 3.05) is 19.8 Å². The molecule has 6 nitrogen and oxygen atoms in total. The van der Waals surface area contributed by atoms with Crippen LogP contribution in [0.3, 0.4) is 0 Å². The van der Waals surface area contributed by atoms with Crippen LogP contribution in [-0.2, 0) is 11.3 Å². The molecule has 178 valence electrons. The first-order valence-corrected chi connectivity index (χ1v) is 11.5. The monoisotopic (exact) mass is 455 g/mol. The number of aliphatic hydroxyl groups is 1. The average molecular weight is 456 g/mol. The number of hydrogen-bond donors (Lipinski definition) is 1. The summed E-state index contributed by atoms with van der Waals surface area (Å²) in [6.07, 6.45) is 0.323. The van der Waals surface area contributed by atoms with Crippen LogP contribution in [0.5, 0.6) is 11.6 Å². The summed E-state index contributed by atoms with van der Waals surface area (Å²) >= 11 is 0. The lowest BCUT2D eigenvalue weighted by atomic mass is 10.1. The van der Waals surface area contributed by atoms with Crippen molar-refractivity contribution in [2.24, 2.45) is 0 Å². The number of aryl methyl sites for hydroxylation is 1. The topological polar surface area (TPSA) is 59.8 Å². The first-order valence-electron chi connectivity index (χ1n) is 11.5. The Hall–Kier alpha value is -2.74. The highest BCUT2D eigenvalue weighted by molar-refractivity contribution is 5.43. The maximum atomic E-state index is 13.9. The normalized spacial score (nSPS) is 13.3. The molecule has 2 aromatic carbocycles. The fourth-order valence-corrected chi connectivity index (χ4v) is 3.65. The Morgan fingerprint density at radius 3 is 2.55 bits per heavy atom. The van der Waals surface area contributed by atoms with Crippen molar-refractivity contribution < 1.29 is 19.0 Å². The summed E-state index contributed by atoms with van der Waals surface area (Å²) in [7, 11) is 0. The molecule has 1 aromatic heterocycles. The van der Waals surface area contributed by atoms with Gasteiger partial charge in [0.15, 0.2) is 0 Å². The number of ether oxygens (including phenoxy) is 2.